The molecule has 0 aromatic heterocycles. The first kappa shape index (κ1) is 11.4. The van der Waals surface area contributed by atoms with Crippen molar-refractivity contribution in [3.05, 3.63) is 0 Å². The van der Waals surface area contributed by atoms with Gasteiger partial charge in [-0.05, 0) is 6.54 Å². The van der Waals surface area contributed by atoms with E-state index in [2.05, 4.69) is 5.32 Å². The highest BCUT2D eigenvalue weighted by atomic mass is 16.4. The SMILES string of the molecule is CCNCC[N+](C)(C)CC(=O)[O-]. The number of carboxylic acids is 1. The second-order valence-electron chi connectivity index (χ2n) is 3.54. The highest BCUT2D eigenvalue weighted by Gasteiger charge is 2.13. The van der Waals surface area contributed by atoms with Crippen LogP contribution >= 0.6 is 0 Å². The maximum absolute atomic E-state index is 10.3. The van der Waals surface area contributed by atoms with Crippen LogP contribution in [0.4, 0.5) is 0 Å². The van der Waals surface area contributed by atoms with Gasteiger partial charge in [0.25, 0.3) is 0 Å². The molecule has 0 radical (unpaired) electrons. The molecular formula is C8H18N2O2. The number of likely N-dealkylation sites (N-methyl/N-ethyl adjacent to an activating group) is 2. The second-order valence-corrected chi connectivity index (χ2v) is 3.54. The predicted octanol–water partition coefficient (Wildman–Crippen LogP) is -1.58. The van der Waals surface area contributed by atoms with Gasteiger partial charge >= 0.3 is 0 Å². The van der Waals surface area contributed by atoms with Gasteiger partial charge in [-0.25, -0.2) is 0 Å². The normalized spacial score (nSPS) is 11.6. The monoisotopic (exact) mass is 174 g/mol. The highest BCUT2D eigenvalue weighted by molar-refractivity contribution is 5.65. The minimum atomic E-state index is -0.989. The van der Waals surface area contributed by atoms with Gasteiger partial charge in [0, 0.05) is 6.54 Å². The maximum Gasteiger partial charge on any atom is 0.119 e. The molecule has 0 aromatic rings. The van der Waals surface area contributed by atoms with E-state index < -0.39 is 5.97 Å². The number of rotatable bonds is 6. The van der Waals surface area contributed by atoms with Gasteiger partial charge in [0.15, 0.2) is 0 Å². The number of carbonyl (C=O) groups is 1. The number of aliphatic carboxylic acids is 1. The van der Waals surface area contributed by atoms with Crippen LogP contribution in [-0.2, 0) is 4.79 Å². The van der Waals surface area contributed by atoms with Crippen molar-refractivity contribution in [3.63, 3.8) is 0 Å². The minimum Gasteiger partial charge on any atom is -0.544 e. The molecule has 0 spiro atoms. The van der Waals surface area contributed by atoms with Gasteiger partial charge in [0.05, 0.1) is 26.6 Å². The molecule has 0 bridgehead atoms. The lowest BCUT2D eigenvalue weighted by Crippen LogP contribution is -2.51. The summed E-state index contributed by atoms with van der Waals surface area (Å²) >= 11 is 0. The molecular weight excluding hydrogens is 156 g/mol. The molecule has 0 aromatic carbocycles. The summed E-state index contributed by atoms with van der Waals surface area (Å²) in [5.74, 6) is -0.989. The van der Waals surface area contributed by atoms with Crippen molar-refractivity contribution < 1.29 is 14.4 Å². The van der Waals surface area contributed by atoms with Crippen LogP contribution in [0, 0.1) is 0 Å². The number of carbonyl (C=O) groups excluding carboxylic acids is 1. The van der Waals surface area contributed by atoms with Gasteiger partial charge < -0.3 is 19.7 Å². The van der Waals surface area contributed by atoms with Crippen LogP contribution in [0.1, 0.15) is 6.92 Å². The van der Waals surface area contributed by atoms with Gasteiger partial charge in [0.2, 0.25) is 0 Å². The van der Waals surface area contributed by atoms with E-state index in [0.29, 0.717) is 4.48 Å². The molecule has 0 unspecified atom stereocenters. The smallest absolute Gasteiger partial charge is 0.119 e. The number of hydrogen-bond acceptors (Lipinski definition) is 3. The van der Waals surface area contributed by atoms with Crippen LogP contribution < -0.4 is 10.4 Å². The van der Waals surface area contributed by atoms with Crippen LogP contribution in [0.25, 0.3) is 0 Å². The molecule has 72 valence electrons. The molecule has 0 amide bonds. The molecule has 0 aliphatic heterocycles. The van der Waals surface area contributed by atoms with Gasteiger partial charge in [-0.3, -0.25) is 0 Å². The average molecular weight is 174 g/mol. The Morgan fingerprint density at radius 2 is 2.08 bits per heavy atom. The molecule has 0 saturated heterocycles. The lowest BCUT2D eigenvalue weighted by molar-refractivity contribution is -0.883. The van der Waals surface area contributed by atoms with E-state index in [0.717, 1.165) is 19.6 Å². The zero-order valence-corrected chi connectivity index (χ0v) is 8.09. The first-order valence-electron chi connectivity index (χ1n) is 4.20. The quantitative estimate of drug-likeness (QED) is 0.391. The molecule has 0 aliphatic carbocycles. The Morgan fingerprint density at radius 3 is 2.50 bits per heavy atom. The fourth-order valence-electron chi connectivity index (χ4n) is 0.987. The molecule has 0 fully saturated rings. The van der Waals surface area contributed by atoms with Crippen molar-refractivity contribution in [3.8, 4) is 0 Å². The zero-order chi connectivity index (χ0) is 9.61. The van der Waals surface area contributed by atoms with E-state index >= 15 is 0 Å². The Kier molecular flexibility index (Phi) is 4.85. The summed E-state index contributed by atoms with van der Waals surface area (Å²) in [6.45, 7) is 4.67. The maximum atomic E-state index is 10.3. The lowest BCUT2D eigenvalue weighted by atomic mass is 10.4. The number of hydrogen-bond donors (Lipinski definition) is 1. The van der Waals surface area contributed by atoms with E-state index in [4.69, 9.17) is 0 Å². The Labute approximate surface area is 73.8 Å². The summed E-state index contributed by atoms with van der Waals surface area (Å²) in [6.07, 6.45) is 0. The zero-order valence-electron chi connectivity index (χ0n) is 8.09. The average Bonchev–Trinajstić information content (AvgIpc) is 1.84. The van der Waals surface area contributed by atoms with Crippen molar-refractivity contribution in [2.75, 3.05) is 40.3 Å². The number of quaternary nitrogens is 1. The molecule has 0 aliphatic rings. The van der Waals surface area contributed by atoms with Gasteiger partial charge in [0.1, 0.15) is 6.54 Å². The third kappa shape index (κ3) is 6.12. The Balaban J connectivity index is 3.63. The standard InChI is InChI=1S/C8H18N2O2/c1-4-9-5-6-10(2,3)7-8(11)12/h9H,4-7H2,1-3H3. The van der Waals surface area contributed by atoms with Crippen LogP contribution in [0.3, 0.4) is 0 Å². The van der Waals surface area contributed by atoms with Crippen molar-refractivity contribution >= 4 is 5.97 Å². The van der Waals surface area contributed by atoms with E-state index in [9.17, 15) is 9.90 Å². The number of carboxylic acid groups (broad SMARTS) is 1. The molecule has 0 rings (SSSR count). The minimum absolute atomic E-state index is 0.0748. The van der Waals surface area contributed by atoms with Crippen LogP contribution in [0.15, 0.2) is 0 Å². The van der Waals surface area contributed by atoms with Gasteiger partial charge in [-0.2, -0.15) is 0 Å². The summed E-state index contributed by atoms with van der Waals surface area (Å²) < 4.78 is 0.468. The molecule has 12 heavy (non-hydrogen) atoms. The number of nitrogens with zero attached hydrogens (tertiary/aromatic N) is 1. The molecule has 1 N–H and O–H groups in total. The Hall–Kier alpha value is -0.610. The van der Waals surface area contributed by atoms with Crippen LogP contribution in [-0.4, -0.2) is 50.7 Å². The first-order valence-corrected chi connectivity index (χ1v) is 4.20. The predicted molar refractivity (Wildman–Crippen MR) is 45.4 cm³/mol. The third-order valence-electron chi connectivity index (χ3n) is 1.70. The highest BCUT2D eigenvalue weighted by Crippen LogP contribution is 1.93. The van der Waals surface area contributed by atoms with Crippen LogP contribution in [0.5, 0.6) is 0 Å². The fourth-order valence-corrected chi connectivity index (χ4v) is 0.987. The van der Waals surface area contributed by atoms with E-state index in [1.165, 1.54) is 0 Å². The lowest BCUT2D eigenvalue weighted by Gasteiger charge is -2.30. The topological polar surface area (TPSA) is 52.2 Å². The van der Waals surface area contributed by atoms with E-state index in [1.807, 2.05) is 21.0 Å². The van der Waals surface area contributed by atoms with Gasteiger partial charge in [-0.1, -0.05) is 6.92 Å². The van der Waals surface area contributed by atoms with Crippen molar-refractivity contribution in [2.45, 2.75) is 6.92 Å². The second kappa shape index (κ2) is 5.11. The fraction of sp³-hybridized carbons (Fsp3) is 0.875. The van der Waals surface area contributed by atoms with Crippen LogP contribution in [0.2, 0.25) is 0 Å². The molecule has 0 saturated carbocycles. The van der Waals surface area contributed by atoms with E-state index in [1.54, 1.807) is 0 Å². The summed E-state index contributed by atoms with van der Waals surface area (Å²) in [4.78, 5) is 10.3. The molecule has 4 nitrogen and oxygen atoms in total. The van der Waals surface area contributed by atoms with Gasteiger partial charge in [-0.15, -0.1) is 0 Å². The van der Waals surface area contributed by atoms with Crippen molar-refractivity contribution in [1.29, 1.82) is 0 Å². The molecule has 0 atom stereocenters. The summed E-state index contributed by atoms with van der Waals surface area (Å²) in [5, 5.41) is 13.4. The van der Waals surface area contributed by atoms with Crippen molar-refractivity contribution in [2.24, 2.45) is 0 Å². The summed E-state index contributed by atoms with van der Waals surface area (Å²) in [6, 6.07) is 0. The third-order valence-corrected chi connectivity index (χ3v) is 1.70. The summed E-state index contributed by atoms with van der Waals surface area (Å²) in [7, 11) is 3.76. The largest absolute Gasteiger partial charge is 0.544 e. The number of nitrogens with one attached hydrogen (secondary N) is 1. The molecule has 0 heterocycles. The van der Waals surface area contributed by atoms with E-state index in [-0.39, 0.29) is 6.54 Å². The first-order chi connectivity index (χ1) is 5.48. The summed E-state index contributed by atoms with van der Waals surface area (Å²) in [5.41, 5.74) is 0. The Morgan fingerprint density at radius 1 is 1.50 bits per heavy atom. The van der Waals surface area contributed by atoms with Crippen molar-refractivity contribution in [1.82, 2.24) is 5.32 Å². The molecule has 4 heteroatoms. The Bertz CT molecular complexity index is 146.